The van der Waals surface area contributed by atoms with E-state index in [2.05, 4.69) is 50.8 Å². The van der Waals surface area contributed by atoms with Gasteiger partial charge in [0.05, 0.1) is 0 Å². The van der Waals surface area contributed by atoms with Crippen LogP contribution in [-0.4, -0.2) is 72.5 Å². The Morgan fingerprint density at radius 2 is 1.52 bits per heavy atom. The van der Waals surface area contributed by atoms with Gasteiger partial charge in [-0.25, -0.2) is 4.79 Å². The second-order valence-corrected chi connectivity index (χ2v) is 8.95. The monoisotopic (exact) mass is 449 g/mol. The van der Waals surface area contributed by atoms with Crippen molar-refractivity contribution in [2.75, 3.05) is 51.1 Å². The lowest BCUT2D eigenvalue weighted by Crippen LogP contribution is -2.46. The van der Waals surface area contributed by atoms with Gasteiger partial charge >= 0.3 is 6.03 Å². The van der Waals surface area contributed by atoms with Gasteiger partial charge in [0.15, 0.2) is 0 Å². The minimum absolute atomic E-state index is 0.176. The molecule has 2 aliphatic rings. The van der Waals surface area contributed by atoms with E-state index in [0.29, 0.717) is 19.5 Å². The average Bonchev–Trinajstić information content (AvgIpc) is 3.24. The van der Waals surface area contributed by atoms with Gasteiger partial charge < -0.3 is 20.4 Å². The maximum absolute atomic E-state index is 12.2. The molecule has 3 amide bonds. The lowest BCUT2D eigenvalue weighted by molar-refractivity contribution is -0.128. The molecule has 0 atom stereocenters. The van der Waals surface area contributed by atoms with E-state index in [1.807, 2.05) is 29.2 Å². The van der Waals surface area contributed by atoms with Gasteiger partial charge in [0.2, 0.25) is 5.91 Å². The predicted octanol–water partition coefficient (Wildman–Crippen LogP) is 3.14. The maximum Gasteiger partial charge on any atom is 0.319 e. The smallest absolute Gasteiger partial charge is 0.319 e. The molecule has 7 heteroatoms. The van der Waals surface area contributed by atoms with Gasteiger partial charge in [-0.2, -0.15) is 0 Å². The molecule has 33 heavy (non-hydrogen) atoms. The molecule has 176 valence electrons. The first kappa shape index (κ1) is 23.3. The number of piperazine rings is 1. The number of hydrogen-bond donors (Lipinski definition) is 2. The Labute approximate surface area is 196 Å². The Morgan fingerprint density at radius 3 is 2.21 bits per heavy atom. The molecular formula is C26H35N5O2. The van der Waals surface area contributed by atoms with Gasteiger partial charge in [-0.05, 0) is 42.6 Å². The van der Waals surface area contributed by atoms with E-state index in [1.54, 1.807) is 0 Å². The van der Waals surface area contributed by atoms with Crippen LogP contribution in [0.3, 0.4) is 0 Å². The molecule has 2 aliphatic heterocycles. The van der Waals surface area contributed by atoms with Crippen molar-refractivity contribution in [2.24, 2.45) is 0 Å². The highest BCUT2D eigenvalue weighted by molar-refractivity contribution is 5.89. The first-order valence-corrected chi connectivity index (χ1v) is 12.1. The van der Waals surface area contributed by atoms with Crippen LogP contribution in [-0.2, 0) is 17.9 Å². The summed E-state index contributed by atoms with van der Waals surface area (Å²) in [5, 5.41) is 5.84. The molecule has 0 unspecified atom stereocenters. The van der Waals surface area contributed by atoms with Gasteiger partial charge in [-0.15, -0.1) is 0 Å². The molecule has 2 aromatic carbocycles. The number of carbonyl (C=O) groups excluding carboxylic acids is 2. The molecule has 4 rings (SSSR count). The van der Waals surface area contributed by atoms with E-state index in [0.717, 1.165) is 69.9 Å². The van der Waals surface area contributed by atoms with Crippen LogP contribution in [0.25, 0.3) is 0 Å². The summed E-state index contributed by atoms with van der Waals surface area (Å²) in [6.07, 6.45) is 2.54. The first-order chi connectivity index (χ1) is 16.2. The number of benzene rings is 2. The normalized spacial score (nSPS) is 17.3. The molecule has 2 fully saturated rings. The Bertz CT molecular complexity index is 895. The van der Waals surface area contributed by atoms with Crippen LogP contribution in [0.1, 0.15) is 30.4 Å². The summed E-state index contributed by atoms with van der Waals surface area (Å²) in [4.78, 5) is 30.8. The minimum atomic E-state index is -0.176. The Hall–Kier alpha value is -2.90. The van der Waals surface area contributed by atoms with Crippen LogP contribution in [0.4, 0.5) is 10.5 Å². The number of anilines is 1. The molecular weight excluding hydrogens is 414 g/mol. The highest BCUT2D eigenvalue weighted by atomic mass is 16.2. The van der Waals surface area contributed by atoms with E-state index in [1.165, 1.54) is 5.56 Å². The standard InChI is InChI=1S/C26H35N5O2/c32-25-8-4-15-31(25)21-23-9-11-24(12-10-23)28-26(33)27-13-5-14-29-16-18-30(19-17-29)20-22-6-2-1-3-7-22/h1-3,6-7,9-12H,4-5,8,13-21H2,(H2,27,28,33). The molecule has 0 aliphatic carbocycles. The predicted molar refractivity (Wildman–Crippen MR) is 131 cm³/mol. The van der Waals surface area contributed by atoms with Crippen molar-refractivity contribution in [1.29, 1.82) is 0 Å². The second-order valence-electron chi connectivity index (χ2n) is 8.95. The zero-order valence-corrected chi connectivity index (χ0v) is 19.3. The molecule has 0 radical (unpaired) electrons. The number of nitrogens with one attached hydrogen (secondary N) is 2. The Kier molecular flexibility index (Phi) is 8.33. The van der Waals surface area contributed by atoms with Crippen LogP contribution in [0.5, 0.6) is 0 Å². The molecule has 0 bridgehead atoms. The van der Waals surface area contributed by atoms with Crippen molar-refractivity contribution in [3.05, 3.63) is 65.7 Å². The number of rotatable bonds is 9. The Balaban J connectivity index is 1.08. The third-order valence-electron chi connectivity index (χ3n) is 6.41. The number of hydrogen-bond acceptors (Lipinski definition) is 4. The van der Waals surface area contributed by atoms with Crippen molar-refractivity contribution >= 4 is 17.6 Å². The number of urea groups is 1. The SMILES string of the molecule is O=C(NCCCN1CCN(Cc2ccccc2)CC1)Nc1ccc(CN2CCCC2=O)cc1. The van der Waals surface area contributed by atoms with Crippen LogP contribution in [0.2, 0.25) is 0 Å². The highest BCUT2D eigenvalue weighted by Gasteiger charge is 2.20. The summed E-state index contributed by atoms with van der Waals surface area (Å²) in [6.45, 7) is 8.50. The third-order valence-corrected chi connectivity index (χ3v) is 6.41. The molecule has 0 saturated carbocycles. The largest absolute Gasteiger partial charge is 0.338 e. The Morgan fingerprint density at radius 1 is 0.818 bits per heavy atom. The average molecular weight is 450 g/mol. The molecule has 2 N–H and O–H groups in total. The fourth-order valence-electron chi connectivity index (χ4n) is 4.48. The van der Waals surface area contributed by atoms with Crippen LogP contribution >= 0.6 is 0 Å². The van der Waals surface area contributed by atoms with Crippen molar-refractivity contribution in [3.8, 4) is 0 Å². The fraction of sp³-hybridized carbons (Fsp3) is 0.462. The molecule has 0 aromatic heterocycles. The molecule has 7 nitrogen and oxygen atoms in total. The van der Waals surface area contributed by atoms with Crippen molar-refractivity contribution in [2.45, 2.75) is 32.4 Å². The van der Waals surface area contributed by atoms with E-state index in [9.17, 15) is 9.59 Å². The van der Waals surface area contributed by atoms with Crippen LogP contribution < -0.4 is 10.6 Å². The van der Waals surface area contributed by atoms with E-state index >= 15 is 0 Å². The summed E-state index contributed by atoms with van der Waals surface area (Å²) in [5.74, 6) is 0.227. The van der Waals surface area contributed by atoms with E-state index in [-0.39, 0.29) is 11.9 Å². The van der Waals surface area contributed by atoms with Gasteiger partial charge in [0.25, 0.3) is 0 Å². The number of carbonyl (C=O) groups is 2. The fourth-order valence-corrected chi connectivity index (χ4v) is 4.48. The lowest BCUT2D eigenvalue weighted by atomic mass is 10.2. The quantitative estimate of drug-likeness (QED) is 0.577. The van der Waals surface area contributed by atoms with E-state index < -0.39 is 0 Å². The van der Waals surface area contributed by atoms with Crippen LogP contribution in [0, 0.1) is 0 Å². The maximum atomic E-state index is 12.2. The van der Waals surface area contributed by atoms with Gasteiger partial charge in [0, 0.05) is 64.5 Å². The number of nitrogens with zero attached hydrogens (tertiary/aromatic N) is 3. The number of amides is 3. The zero-order chi connectivity index (χ0) is 22.9. The second kappa shape index (κ2) is 11.8. The number of likely N-dealkylation sites (tertiary alicyclic amines) is 1. The topological polar surface area (TPSA) is 67.9 Å². The lowest BCUT2D eigenvalue weighted by Gasteiger charge is -2.34. The minimum Gasteiger partial charge on any atom is -0.338 e. The van der Waals surface area contributed by atoms with Gasteiger partial charge in [-0.3, -0.25) is 9.69 Å². The zero-order valence-electron chi connectivity index (χ0n) is 19.3. The first-order valence-electron chi connectivity index (χ1n) is 12.1. The third kappa shape index (κ3) is 7.30. The molecule has 2 aromatic rings. The summed E-state index contributed by atoms with van der Waals surface area (Å²) in [6, 6.07) is 18.2. The summed E-state index contributed by atoms with van der Waals surface area (Å²) in [5.41, 5.74) is 3.22. The van der Waals surface area contributed by atoms with Gasteiger partial charge in [-0.1, -0.05) is 42.5 Å². The van der Waals surface area contributed by atoms with E-state index in [4.69, 9.17) is 0 Å². The summed E-state index contributed by atoms with van der Waals surface area (Å²) >= 11 is 0. The van der Waals surface area contributed by atoms with Crippen molar-refractivity contribution in [1.82, 2.24) is 20.0 Å². The molecule has 2 heterocycles. The van der Waals surface area contributed by atoms with Gasteiger partial charge in [0.1, 0.15) is 0 Å². The van der Waals surface area contributed by atoms with Crippen molar-refractivity contribution < 1.29 is 9.59 Å². The summed E-state index contributed by atoms with van der Waals surface area (Å²) in [7, 11) is 0. The molecule has 0 spiro atoms. The highest BCUT2D eigenvalue weighted by Crippen LogP contribution is 2.16. The van der Waals surface area contributed by atoms with Crippen molar-refractivity contribution in [3.63, 3.8) is 0 Å². The summed E-state index contributed by atoms with van der Waals surface area (Å²) < 4.78 is 0. The van der Waals surface area contributed by atoms with Crippen LogP contribution in [0.15, 0.2) is 54.6 Å². The molecule has 2 saturated heterocycles.